The summed E-state index contributed by atoms with van der Waals surface area (Å²) in [5.74, 6) is 1.01. The van der Waals surface area contributed by atoms with Crippen LogP contribution in [-0.4, -0.2) is 52.2 Å². The van der Waals surface area contributed by atoms with Crippen molar-refractivity contribution < 1.29 is 4.79 Å². The maximum atomic E-state index is 11.9. The molecule has 0 bridgehead atoms. The highest BCUT2D eigenvalue weighted by Crippen LogP contribution is 2.10. The van der Waals surface area contributed by atoms with Gasteiger partial charge in [0.1, 0.15) is 0 Å². The van der Waals surface area contributed by atoms with Gasteiger partial charge in [-0.2, -0.15) is 5.10 Å². The quantitative estimate of drug-likeness (QED) is 0.567. The van der Waals surface area contributed by atoms with E-state index < -0.39 is 0 Å². The zero-order chi connectivity index (χ0) is 19.8. The van der Waals surface area contributed by atoms with Crippen molar-refractivity contribution in [3.05, 3.63) is 53.9 Å². The molecule has 0 saturated carbocycles. The van der Waals surface area contributed by atoms with Gasteiger partial charge in [0.15, 0.2) is 5.96 Å². The Hall–Kier alpha value is -2.83. The molecule has 28 heavy (non-hydrogen) atoms. The fourth-order valence-corrected chi connectivity index (χ4v) is 3.36. The van der Waals surface area contributed by atoms with E-state index in [1.54, 1.807) is 0 Å². The van der Waals surface area contributed by atoms with Crippen LogP contribution in [0.2, 0.25) is 0 Å². The monoisotopic (exact) mass is 382 g/mol. The Bertz CT molecular complexity index is 785. The number of guanidine groups is 1. The van der Waals surface area contributed by atoms with Crippen LogP contribution in [0.1, 0.15) is 37.8 Å². The molecule has 1 saturated heterocycles. The Balaban J connectivity index is 1.55. The van der Waals surface area contributed by atoms with E-state index >= 15 is 0 Å². The average molecular weight is 383 g/mol. The van der Waals surface area contributed by atoms with Crippen LogP contribution in [0, 0.1) is 0 Å². The molecule has 1 aromatic carbocycles. The van der Waals surface area contributed by atoms with Gasteiger partial charge in [-0.25, -0.2) is 4.99 Å². The number of likely N-dealkylation sites (tertiary alicyclic amines) is 1. The highest BCUT2D eigenvalue weighted by molar-refractivity contribution is 5.80. The van der Waals surface area contributed by atoms with Crippen molar-refractivity contribution in [1.29, 1.82) is 0 Å². The summed E-state index contributed by atoms with van der Waals surface area (Å²) in [5, 5.41) is 11.2. The summed E-state index contributed by atoms with van der Waals surface area (Å²) in [6, 6.07) is 10.5. The third-order valence-electron chi connectivity index (χ3n) is 4.82. The molecule has 0 spiro atoms. The summed E-state index contributed by atoms with van der Waals surface area (Å²) in [6.45, 7) is 7.63. The van der Waals surface area contributed by atoms with Gasteiger partial charge in [0.25, 0.3) is 0 Å². The molecule has 1 amide bonds. The van der Waals surface area contributed by atoms with Crippen molar-refractivity contribution in [3.8, 4) is 0 Å². The molecule has 1 aliphatic rings. The first kappa shape index (κ1) is 19.9. The van der Waals surface area contributed by atoms with Crippen LogP contribution in [0.3, 0.4) is 0 Å². The lowest BCUT2D eigenvalue weighted by Crippen LogP contribution is -2.45. The standard InChI is InChI=1S/C21H30N6O/c1-3-20(28)26-11-10-19(16-26)25-21(22-4-2)23-12-18-13-24-27(15-18)14-17-8-6-5-7-9-17/h5-9,13,15,19H,3-4,10-12,14,16H2,1-2H3,(H2,22,23,25). The van der Waals surface area contributed by atoms with Crippen molar-refractivity contribution in [3.63, 3.8) is 0 Å². The molecule has 7 heteroatoms. The summed E-state index contributed by atoms with van der Waals surface area (Å²) in [5.41, 5.74) is 2.30. The molecule has 1 atom stereocenters. The second-order valence-electron chi connectivity index (χ2n) is 7.05. The van der Waals surface area contributed by atoms with Gasteiger partial charge in [-0.05, 0) is 18.9 Å². The van der Waals surface area contributed by atoms with Crippen molar-refractivity contribution in [2.45, 2.75) is 45.8 Å². The molecule has 2 heterocycles. The number of aliphatic imine (C=N–C) groups is 1. The fourth-order valence-electron chi connectivity index (χ4n) is 3.36. The number of carbonyl (C=O) groups is 1. The number of carbonyl (C=O) groups excluding carboxylic acids is 1. The van der Waals surface area contributed by atoms with E-state index in [1.807, 2.05) is 47.1 Å². The smallest absolute Gasteiger partial charge is 0.222 e. The molecule has 1 aliphatic heterocycles. The minimum absolute atomic E-state index is 0.220. The minimum Gasteiger partial charge on any atom is -0.357 e. The lowest BCUT2D eigenvalue weighted by Gasteiger charge is -2.18. The van der Waals surface area contributed by atoms with Crippen molar-refractivity contribution in [1.82, 2.24) is 25.3 Å². The van der Waals surface area contributed by atoms with Gasteiger partial charge in [-0.1, -0.05) is 37.3 Å². The first-order valence-corrected chi connectivity index (χ1v) is 10.1. The number of hydrogen-bond acceptors (Lipinski definition) is 3. The molecule has 2 N–H and O–H groups in total. The van der Waals surface area contributed by atoms with Gasteiger partial charge in [-0.15, -0.1) is 0 Å². The number of nitrogens with one attached hydrogen (secondary N) is 2. The summed E-state index contributed by atoms with van der Waals surface area (Å²) in [4.78, 5) is 18.5. The second kappa shape index (κ2) is 9.92. The first-order chi connectivity index (χ1) is 13.7. The van der Waals surface area contributed by atoms with E-state index in [9.17, 15) is 4.79 Å². The highest BCUT2D eigenvalue weighted by Gasteiger charge is 2.25. The summed E-state index contributed by atoms with van der Waals surface area (Å²) < 4.78 is 1.94. The second-order valence-corrected chi connectivity index (χ2v) is 7.05. The Morgan fingerprint density at radius 1 is 1.25 bits per heavy atom. The maximum absolute atomic E-state index is 11.9. The van der Waals surface area contributed by atoms with Gasteiger partial charge >= 0.3 is 0 Å². The normalized spacial score (nSPS) is 17.0. The van der Waals surface area contributed by atoms with Crippen LogP contribution >= 0.6 is 0 Å². The Morgan fingerprint density at radius 3 is 2.82 bits per heavy atom. The highest BCUT2D eigenvalue weighted by atomic mass is 16.2. The fraction of sp³-hybridized carbons (Fsp3) is 0.476. The third kappa shape index (κ3) is 5.58. The van der Waals surface area contributed by atoms with Gasteiger partial charge in [0, 0.05) is 43.9 Å². The maximum Gasteiger partial charge on any atom is 0.222 e. The summed E-state index contributed by atoms with van der Waals surface area (Å²) in [7, 11) is 0. The predicted molar refractivity (Wildman–Crippen MR) is 111 cm³/mol. The summed E-state index contributed by atoms with van der Waals surface area (Å²) in [6.07, 6.45) is 5.42. The molecule has 1 aromatic heterocycles. The molecule has 1 unspecified atom stereocenters. The van der Waals surface area contributed by atoms with Crippen molar-refractivity contribution in [2.24, 2.45) is 4.99 Å². The number of rotatable bonds is 7. The van der Waals surface area contributed by atoms with Crippen LogP contribution in [0.25, 0.3) is 0 Å². The Kier molecular flexibility index (Phi) is 7.06. The van der Waals surface area contributed by atoms with Gasteiger partial charge in [0.05, 0.1) is 19.3 Å². The van der Waals surface area contributed by atoms with E-state index in [-0.39, 0.29) is 11.9 Å². The van der Waals surface area contributed by atoms with E-state index in [0.29, 0.717) is 13.0 Å². The SMILES string of the molecule is CCNC(=NCc1cnn(Cc2ccccc2)c1)NC1CCN(C(=O)CC)C1. The molecular weight excluding hydrogens is 352 g/mol. The van der Waals surface area contributed by atoms with Crippen LogP contribution in [-0.2, 0) is 17.9 Å². The molecular formula is C21H30N6O. The number of aromatic nitrogens is 2. The first-order valence-electron chi connectivity index (χ1n) is 10.1. The Labute approximate surface area is 166 Å². The van der Waals surface area contributed by atoms with E-state index in [0.717, 1.165) is 44.1 Å². The lowest BCUT2D eigenvalue weighted by molar-refractivity contribution is -0.129. The zero-order valence-corrected chi connectivity index (χ0v) is 16.8. The van der Waals surface area contributed by atoms with Gasteiger partial charge in [-0.3, -0.25) is 9.48 Å². The average Bonchev–Trinajstić information content (AvgIpc) is 3.36. The molecule has 7 nitrogen and oxygen atoms in total. The molecule has 3 rings (SSSR count). The lowest BCUT2D eigenvalue weighted by atomic mass is 10.2. The molecule has 0 radical (unpaired) electrons. The third-order valence-corrected chi connectivity index (χ3v) is 4.82. The van der Waals surface area contributed by atoms with E-state index in [4.69, 9.17) is 4.99 Å². The molecule has 2 aromatic rings. The zero-order valence-electron chi connectivity index (χ0n) is 16.8. The molecule has 150 valence electrons. The van der Waals surface area contributed by atoms with Crippen LogP contribution < -0.4 is 10.6 Å². The van der Waals surface area contributed by atoms with Crippen LogP contribution in [0.15, 0.2) is 47.7 Å². The van der Waals surface area contributed by atoms with Crippen LogP contribution in [0.4, 0.5) is 0 Å². The van der Waals surface area contributed by atoms with Crippen molar-refractivity contribution >= 4 is 11.9 Å². The Morgan fingerprint density at radius 2 is 2.07 bits per heavy atom. The number of amides is 1. The number of benzene rings is 1. The van der Waals surface area contributed by atoms with E-state index in [1.165, 1.54) is 5.56 Å². The summed E-state index contributed by atoms with van der Waals surface area (Å²) >= 11 is 0. The molecule has 1 fully saturated rings. The molecule has 0 aliphatic carbocycles. The van der Waals surface area contributed by atoms with E-state index in [2.05, 4.69) is 34.8 Å². The minimum atomic E-state index is 0.220. The van der Waals surface area contributed by atoms with Gasteiger partial charge < -0.3 is 15.5 Å². The van der Waals surface area contributed by atoms with Crippen LogP contribution in [0.5, 0.6) is 0 Å². The largest absolute Gasteiger partial charge is 0.357 e. The predicted octanol–water partition coefficient (Wildman–Crippen LogP) is 2.00. The van der Waals surface area contributed by atoms with Gasteiger partial charge in [0.2, 0.25) is 5.91 Å². The number of nitrogens with zero attached hydrogens (tertiary/aromatic N) is 4. The number of hydrogen-bond donors (Lipinski definition) is 2. The van der Waals surface area contributed by atoms with Crippen molar-refractivity contribution in [2.75, 3.05) is 19.6 Å². The topological polar surface area (TPSA) is 74.6 Å².